The van der Waals surface area contributed by atoms with Gasteiger partial charge in [0, 0.05) is 0 Å². The largest absolute Gasteiger partial charge is 0.373 e. The van der Waals surface area contributed by atoms with E-state index in [1.54, 1.807) is 0 Å². The van der Waals surface area contributed by atoms with E-state index in [1.165, 1.54) is 30.6 Å². The van der Waals surface area contributed by atoms with E-state index in [9.17, 15) is 0 Å². The summed E-state index contributed by atoms with van der Waals surface area (Å²) in [5.41, 5.74) is 13.5. The zero-order chi connectivity index (χ0) is 8.24. The molecule has 0 heterocycles. The summed E-state index contributed by atoms with van der Waals surface area (Å²) < 4.78 is 0. The third-order valence-corrected chi connectivity index (χ3v) is 1.01. The minimum Gasteiger partial charge on any atom is -0.373 e. The summed E-state index contributed by atoms with van der Waals surface area (Å²) >= 11 is 0. The first-order chi connectivity index (χ1) is 4.83. The highest BCUT2D eigenvalue weighted by Gasteiger charge is 1.77. The monoisotopic (exact) mass is 140 g/mol. The molecule has 0 aliphatic rings. The van der Waals surface area contributed by atoms with Crippen molar-refractivity contribution in [1.29, 1.82) is 0 Å². The first kappa shape index (κ1) is 11.8. The van der Waals surface area contributed by atoms with Gasteiger partial charge in [-0.25, -0.2) is 0 Å². The number of hydrogen-bond donors (Lipinski definition) is 0. The lowest BCUT2D eigenvalue weighted by molar-refractivity contribution is 0.730. The zero-order valence-corrected chi connectivity index (χ0v) is 6.45. The zero-order valence-electron chi connectivity index (χ0n) is 6.45. The van der Waals surface area contributed by atoms with Crippen molar-refractivity contribution in [1.82, 2.24) is 0 Å². The van der Waals surface area contributed by atoms with Gasteiger partial charge < -0.3 is 11.1 Å². The Morgan fingerprint density at radius 2 is 1.90 bits per heavy atom. The van der Waals surface area contributed by atoms with Crippen LogP contribution in [-0.2, 0) is 0 Å². The van der Waals surface area contributed by atoms with Crippen LogP contribution in [0.5, 0.6) is 0 Å². The van der Waals surface area contributed by atoms with E-state index in [4.69, 9.17) is 11.1 Å². The van der Waals surface area contributed by atoms with E-state index < -0.39 is 0 Å². The predicted molar refractivity (Wildman–Crippen MR) is 44.4 cm³/mol. The van der Waals surface area contributed by atoms with E-state index in [2.05, 4.69) is 13.5 Å². The standard InChI is InChI=1S/C7H14.N3/c1-3-5-7-6-4-2;1-3-2/h3H,1,4-7H2,2H3;/q;-1. The number of hydrogen-bond acceptors (Lipinski definition) is 0. The van der Waals surface area contributed by atoms with Gasteiger partial charge in [0.2, 0.25) is 0 Å². The second-order valence-corrected chi connectivity index (χ2v) is 1.87. The van der Waals surface area contributed by atoms with Crippen molar-refractivity contribution in [3.05, 3.63) is 28.6 Å². The fourth-order valence-electron chi connectivity index (χ4n) is 0.539. The lowest BCUT2D eigenvalue weighted by atomic mass is 10.2. The maximum atomic E-state index is 6.75. The lowest BCUT2D eigenvalue weighted by Crippen LogP contribution is -1.67. The molecule has 0 aliphatic heterocycles. The van der Waals surface area contributed by atoms with E-state index >= 15 is 0 Å². The van der Waals surface area contributed by atoms with Crippen molar-refractivity contribution in [3.63, 3.8) is 0 Å². The molecule has 0 saturated carbocycles. The highest BCUT2D eigenvalue weighted by molar-refractivity contribution is 4.64. The number of nitrogens with zero attached hydrogens (tertiary/aromatic N) is 3. The molecule has 0 aromatic carbocycles. The van der Waals surface area contributed by atoms with Crippen LogP contribution in [0.25, 0.3) is 16.0 Å². The van der Waals surface area contributed by atoms with Gasteiger partial charge >= 0.3 is 0 Å². The van der Waals surface area contributed by atoms with Gasteiger partial charge in [-0.15, -0.1) is 6.58 Å². The second kappa shape index (κ2) is 15.7. The minimum absolute atomic E-state index is 1.19. The normalized spacial score (nSPS) is 6.90. The van der Waals surface area contributed by atoms with Crippen molar-refractivity contribution in [3.8, 4) is 0 Å². The third-order valence-electron chi connectivity index (χ3n) is 1.01. The van der Waals surface area contributed by atoms with Crippen LogP contribution in [0.3, 0.4) is 0 Å². The van der Waals surface area contributed by atoms with Crippen molar-refractivity contribution in [2.24, 2.45) is 0 Å². The summed E-state index contributed by atoms with van der Waals surface area (Å²) in [6.45, 7) is 5.84. The molecule has 0 spiro atoms. The SMILES string of the molecule is C=CCCCCC.[N-]=[N+]=[N-]. The van der Waals surface area contributed by atoms with Crippen molar-refractivity contribution < 1.29 is 0 Å². The molecule has 0 rings (SSSR count). The van der Waals surface area contributed by atoms with Crippen LogP contribution < -0.4 is 0 Å². The molecular weight excluding hydrogens is 126 g/mol. The number of allylic oxidation sites excluding steroid dienone is 1. The fourth-order valence-corrected chi connectivity index (χ4v) is 0.539. The summed E-state index contributed by atoms with van der Waals surface area (Å²) in [4.78, 5) is 1.50. The molecule has 0 amide bonds. The Labute approximate surface area is 62.2 Å². The van der Waals surface area contributed by atoms with Gasteiger partial charge in [-0.2, -0.15) is 0 Å². The Morgan fingerprint density at radius 1 is 1.40 bits per heavy atom. The Bertz CT molecular complexity index is 93.0. The highest BCUT2D eigenvalue weighted by atomic mass is 15.0. The smallest absolute Gasteiger partial charge is 0.0353 e. The molecule has 0 atom stereocenters. The summed E-state index contributed by atoms with van der Waals surface area (Å²) in [5.74, 6) is 0. The molecule has 10 heavy (non-hydrogen) atoms. The summed E-state index contributed by atoms with van der Waals surface area (Å²) in [7, 11) is 0. The van der Waals surface area contributed by atoms with Crippen LogP contribution in [0, 0.1) is 0 Å². The van der Waals surface area contributed by atoms with Crippen molar-refractivity contribution in [2.75, 3.05) is 0 Å². The van der Waals surface area contributed by atoms with Gasteiger partial charge in [0.1, 0.15) is 0 Å². The first-order valence-corrected chi connectivity index (χ1v) is 3.42. The van der Waals surface area contributed by atoms with E-state index in [1.807, 2.05) is 6.08 Å². The molecule has 0 fully saturated rings. The molecule has 58 valence electrons. The van der Waals surface area contributed by atoms with Gasteiger partial charge in [-0.3, -0.25) is 4.91 Å². The Hall–Kier alpha value is -0.950. The molecule has 0 aromatic rings. The van der Waals surface area contributed by atoms with Crippen molar-refractivity contribution >= 4 is 0 Å². The molecule has 0 bridgehead atoms. The van der Waals surface area contributed by atoms with E-state index in [-0.39, 0.29) is 0 Å². The summed E-state index contributed by atoms with van der Waals surface area (Å²) in [6.07, 6.45) is 7.16. The Kier molecular flexibility index (Phi) is 18.5. The molecule has 0 aromatic heterocycles. The van der Waals surface area contributed by atoms with Gasteiger partial charge in [0.05, 0.1) is 0 Å². The maximum Gasteiger partial charge on any atom is -0.0353 e. The van der Waals surface area contributed by atoms with Crippen LogP contribution in [0.1, 0.15) is 32.6 Å². The number of unbranched alkanes of at least 4 members (excludes halogenated alkanes) is 3. The first-order valence-electron chi connectivity index (χ1n) is 3.42. The molecule has 3 nitrogen and oxygen atoms in total. The molecule has 0 radical (unpaired) electrons. The van der Waals surface area contributed by atoms with Gasteiger partial charge in [0.25, 0.3) is 0 Å². The summed E-state index contributed by atoms with van der Waals surface area (Å²) in [6, 6.07) is 0. The van der Waals surface area contributed by atoms with Crippen molar-refractivity contribution in [2.45, 2.75) is 32.6 Å². The average Bonchev–Trinajstić information content (AvgIpc) is 1.91. The van der Waals surface area contributed by atoms with Gasteiger partial charge in [0.15, 0.2) is 0 Å². The second-order valence-electron chi connectivity index (χ2n) is 1.87. The van der Waals surface area contributed by atoms with Crippen LogP contribution in [-0.4, -0.2) is 0 Å². The van der Waals surface area contributed by atoms with Crippen LogP contribution in [0.15, 0.2) is 12.7 Å². The van der Waals surface area contributed by atoms with E-state index in [0.717, 1.165) is 0 Å². The Balaban J connectivity index is 0. The third kappa shape index (κ3) is 27.7. The highest BCUT2D eigenvalue weighted by Crippen LogP contribution is 1.97. The molecule has 3 heteroatoms. The van der Waals surface area contributed by atoms with Gasteiger partial charge in [-0.1, -0.05) is 25.8 Å². The number of rotatable bonds is 4. The maximum absolute atomic E-state index is 6.75. The predicted octanol–water partition coefficient (Wildman–Crippen LogP) is 3.62. The molecule has 0 unspecified atom stereocenters. The topological polar surface area (TPSA) is 58.7 Å². The minimum atomic E-state index is 1.19. The molecule has 0 N–H and O–H groups in total. The van der Waals surface area contributed by atoms with Gasteiger partial charge in [-0.05, 0) is 12.8 Å². The molecule has 0 aliphatic carbocycles. The Morgan fingerprint density at radius 3 is 2.20 bits per heavy atom. The van der Waals surface area contributed by atoms with E-state index in [0.29, 0.717) is 0 Å². The van der Waals surface area contributed by atoms with Crippen LogP contribution >= 0.6 is 0 Å². The van der Waals surface area contributed by atoms with Crippen LogP contribution in [0.2, 0.25) is 0 Å². The lowest BCUT2D eigenvalue weighted by Gasteiger charge is -1.87. The molecule has 0 saturated heterocycles. The fraction of sp³-hybridized carbons (Fsp3) is 0.714. The quantitative estimate of drug-likeness (QED) is 0.188. The molecular formula is C7H14N3-. The van der Waals surface area contributed by atoms with Crippen LogP contribution in [0.4, 0.5) is 0 Å². The average molecular weight is 140 g/mol. The summed E-state index contributed by atoms with van der Waals surface area (Å²) in [5, 5.41) is 0.